The lowest BCUT2D eigenvalue weighted by atomic mass is 10.3. The highest BCUT2D eigenvalue weighted by molar-refractivity contribution is 9.11. The molecule has 0 spiro atoms. The number of benzene rings is 1. The second kappa shape index (κ2) is 5.77. The Morgan fingerprint density at radius 3 is 2.67 bits per heavy atom. The zero-order valence-electron chi connectivity index (χ0n) is 9.06. The number of rotatable bonds is 3. The van der Waals surface area contributed by atoms with E-state index in [-0.39, 0.29) is 4.99 Å². The molecule has 0 fully saturated rings. The van der Waals surface area contributed by atoms with Gasteiger partial charge in [-0.2, -0.15) is 0 Å². The van der Waals surface area contributed by atoms with Gasteiger partial charge in [-0.15, -0.1) is 0 Å². The van der Waals surface area contributed by atoms with Gasteiger partial charge in [-0.05, 0) is 40.2 Å². The summed E-state index contributed by atoms with van der Waals surface area (Å²) in [5, 5.41) is 0. The van der Waals surface area contributed by atoms with Crippen LogP contribution in [-0.2, 0) is 0 Å². The third-order valence-electron chi connectivity index (χ3n) is 2.11. The highest BCUT2D eigenvalue weighted by atomic mass is 79.9. The van der Waals surface area contributed by atoms with Crippen LogP contribution in [0.1, 0.15) is 5.69 Å². The number of hydrogen-bond donors (Lipinski definition) is 1. The number of aromatic nitrogens is 1. The van der Waals surface area contributed by atoms with Gasteiger partial charge in [0.05, 0.1) is 4.47 Å². The van der Waals surface area contributed by atoms with E-state index in [0.29, 0.717) is 17.2 Å². The predicted octanol–water partition coefficient (Wildman–Crippen LogP) is 4.03. The molecule has 0 unspecified atom stereocenters. The zero-order chi connectivity index (χ0) is 13.1. The molecule has 6 heteroatoms. The van der Waals surface area contributed by atoms with Crippen molar-refractivity contribution in [2.45, 2.75) is 0 Å². The van der Waals surface area contributed by atoms with Crippen molar-refractivity contribution >= 4 is 49.1 Å². The summed E-state index contributed by atoms with van der Waals surface area (Å²) in [5.41, 5.74) is 6.06. The third kappa shape index (κ3) is 3.28. The molecule has 92 valence electrons. The third-order valence-corrected chi connectivity index (χ3v) is 3.43. The Hall–Kier alpha value is -0.980. The molecule has 1 aromatic carbocycles. The summed E-state index contributed by atoms with van der Waals surface area (Å²) >= 11 is 11.7. The number of nitrogens with zero attached hydrogens (tertiary/aromatic N) is 1. The molecule has 0 aliphatic carbocycles. The molecule has 18 heavy (non-hydrogen) atoms. The minimum absolute atomic E-state index is 0.246. The molecule has 0 saturated heterocycles. The maximum Gasteiger partial charge on any atom is 0.141 e. The first-order chi connectivity index (χ1) is 8.56. The van der Waals surface area contributed by atoms with Gasteiger partial charge < -0.3 is 10.5 Å². The van der Waals surface area contributed by atoms with Crippen molar-refractivity contribution in [1.29, 1.82) is 0 Å². The Balaban J connectivity index is 2.28. The molecule has 2 rings (SSSR count). The van der Waals surface area contributed by atoms with E-state index in [2.05, 4.69) is 36.8 Å². The van der Waals surface area contributed by atoms with Crippen LogP contribution >= 0.6 is 44.1 Å². The first-order valence-corrected chi connectivity index (χ1v) is 6.94. The average molecular weight is 388 g/mol. The van der Waals surface area contributed by atoms with Crippen LogP contribution in [0.3, 0.4) is 0 Å². The Morgan fingerprint density at radius 2 is 2.00 bits per heavy atom. The van der Waals surface area contributed by atoms with Gasteiger partial charge in [-0.25, -0.2) is 0 Å². The SMILES string of the molecule is NC(=S)c1cc(Oc2ccc(Br)cc2Br)ccn1. The normalized spacial score (nSPS) is 10.1. The lowest BCUT2D eigenvalue weighted by molar-refractivity contribution is 0.478. The summed E-state index contributed by atoms with van der Waals surface area (Å²) < 4.78 is 7.56. The minimum atomic E-state index is 0.246. The van der Waals surface area contributed by atoms with Gasteiger partial charge in [0.15, 0.2) is 0 Å². The number of halogens is 2. The second-order valence-electron chi connectivity index (χ2n) is 3.42. The van der Waals surface area contributed by atoms with E-state index in [0.717, 1.165) is 8.95 Å². The Morgan fingerprint density at radius 1 is 1.22 bits per heavy atom. The maximum absolute atomic E-state index is 5.73. The summed E-state index contributed by atoms with van der Waals surface area (Å²) in [7, 11) is 0. The van der Waals surface area contributed by atoms with Gasteiger partial charge in [-0.3, -0.25) is 4.98 Å². The largest absolute Gasteiger partial charge is 0.456 e. The van der Waals surface area contributed by atoms with Crippen molar-refractivity contribution in [3.63, 3.8) is 0 Å². The maximum atomic E-state index is 5.73. The highest BCUT2D eigenvalue weighted by Crippen LogP contribution is 2.31. The summed E-state index contributed by atoms with van der Waals surface area (Å²) in [4.78, 5) is 4.30. The van der Waals surface area contributed by atoms with Crippen LogP contribution in [0.4, 0.5) is 0 Å². The van der Waals surface area contributed by atoms with Gasteiger partial charge in [-0.1, -0.05) is 28.1 Å². The molecular formula is C12H8Br2N2OS. The van der Waals surface area contributed by atoms with E-state index in [1.54, 1.807) is 18.3 Å². The lowest BCUT2D eigenvalue weighted by Gasteiger charge is -2.08. The van der Waals surface area contributed by atoms with E-state index in [1.165, 1.54) is 0 Å². The van der Waals surface area contributed by atoms with Gasteiger partial charge in [0.1, 0.15) is 22.2 Å². The molecule has 1 aromatic heterocycles. The zero-order valence-corrected chi connectivity index (χ0v) is 13.0. The molecule has 0 aliphatic heterocycles. The summed E-state index contributed by atoms with van der Waals surface area (Å²) in [6.07, 6.45) is 1.61. The summed E-state index contributed by atoms with van der Waals surface area (Å²) in [6.45, 7) is 0. The van der Waals surface area contributed by atoms with E-state index in [1.807, 2.05) is 18.2 Å². The highest BCUT2D eigenvalue weighted by Gasteiger charge is 2.05. The topological polar surface area (TPSA) is 48.1 Å². The van der Waals surface area contributed by atoms with E-state index in [9.17, 15) is 0 Å². The van der Waals surface area contributed by atoms with Crippen molar-refractivity contribution < 1.29 is 4.74 Å². The quantitative estimate of drug-likeness (QED) is 0.807. The molecule has 3 nitrogen and oxygen atoms in total. The molecule has 1 heterocycles. The van der Waals surface area contributed by atoms with Crippen LogP contribution in [0.5, 0.6) is 11.5 Å². The smallest absolute Gasteiger partial charge is 0.141 e. The van der Waals surface area contributed by atoms with E-state index >= 15 is 0 Å². The van der Waals surface area contributed by atoms with Gasteiger partial charge in [0, 0.05) is 16.7 Å². The van der Waals surface area contributed by atoms with Crippen molar-refractivity contribution in [1.82, 2.24) is 4.98 Å². The molecule has 0 saturated carbocycles. The molecule has 0 aliphatic rings. The molecule has 0 atom stereocenters. The fraction of sp³-hybridized carbons (Fsp3) is 0. The van der Waals surface area contributed by atoms with E-state index in [4.69, 9.17) is 22.7 Å². The van der Waals surface area contributed by atoms with Crippen LogP contribution in [0, 0.1) is 0 Å². The molecule has 0 radical (unpaired) electrons. The number of ether oxygens (including phenoxy) is 1. The predicted molar refractivity (Wildman–Crippen MR) is 82.0 cm³/mol. The van der Waals surface area contributed by atoms with Gasteiger partial charge >= 0.3 is 0 Å². The number of nitrogens with two attached hydrogens (primary N) is 1. The fourth-order valence-electron chi connectivity index (χ4n) is 1.29. The van der Waals surface area contributed by atoms with Crippen LogP contribution in [0.15, 0.2) is 45.5 Å². The molecule has 0 amide bonds. The van der Waals surface area contributed by atoms with E-state index < -0.39 is 0 Å². The lowest BCUT2D eigenvalue weighted by Crippen LogP contribution is -2.11. The Bertz CT molecular complexity index is 604. The second-order valence-corrected chi connectivity index (χ2v) is 5.63. The molecule has 2 aromatic rings. The monoisotopic (exact) mass is 386 g/mol. The van der Waals surface area contributed by atoms with Crippen molar-refractivity contribution in [2.75, 3.05) is 0 Å². The fourth-order valence-corrected chi connectivity index (χ4v) is 2.53. The summed E-state index contributed by atoms with van der Waals surface area (Å²) in [5.74, 6) is 1.34. The Labute approximate surface area is 127 Å². The molecule has 0 bridgehead atoms. The molecular weight excluding hydrogens is 380 g/mol. The van der Waals surface area contributed by atoms with Crippen molar-refractivity contribution in [3.05, 3.63) is 51.2 Å². The van der Waals surface area contributed by atoms with Crippen LogP contribution in [0.2, 0.25) is 0 Å². The average Bonchev–Trinajstić information content (AvgIpc) is 2.33. The number of hydrogen-bond acceptors (Lipinski definition) is 3. The van der Waals surface area contributed by atoms with Crippen LogP contribution < -0.4 is 10.5 Å². The minimum Gasteiger partial charge on any atom is -0.456 e. The number of thiocarbonyl (C=S) groups is 1. The van der Waals surface area contributed by atoms with Crippen LogP contribution in [-0.4, -0.2) is 9.97 Å². The first kappa shape index (κ1) is 13.5. The molecule has 2 N–H and O–H groups in total. The number of pyridine rings is 1. The van der Waals surface area contributed by atoms with Crippen molar-refractivity contribution in [2.24, 2.45) is 5.73 Å². The first-order valence-electron chi connectivity index (χ1n) is 4.95. The van der Waals surface area contributed by atoms with Gasteiger partial charge in [0.2, 0.25) is 0 Å². The standard InChI is InChI=1S/C12H8Br2N2OS/c13-7-1-2-11(9(14)5-7)17-8-3-4-16-10(6-8)12(15)18/h1-6H,(H2,15,18). The Kier molecular flexibility index (Phi) is 4.31. The van der Waals surface area contributed by atoms with Gasteiger partial charge in [0.25, 0.3) is 0 Å². The van der Waals surface area contributed by atoms with Crippen molar-refractivity contribution in [3.8, 4) is 11.5 Å². The van der Waals surface area contributed by atoms with Crippen LogP contribution in [0.25, 0.3) is 0 Å². The summed E-state index contributed by atoms with van der Waals surface area (Å²) in [6, 6.07) is 9.11.